The van der Waals surface area contributed by atoms with E-state index in [0.29, 0.717) is 0 Å². The second-order valence-electron chi connectivity index (χ2n) is 4.44. The number of para-hydroxylation sites is 1. The SMILES string of the molecule is [B]C(=O)c1ccccc1OB1OC2C(=O)C(=O)C(=O)C2O1. The zero-order valence-corrected chi connectivity index (χ0v) is 10.5. The summed E-state index contributed by atoms with van der Waals surface area (Å²) in [5, 5.41) is 0. The van der Waals surface area contributed by atoms with Crippen LogP contribution in [0.3, 0.4) is 0 Å². The van der Waals surface area contributed by atoms with Gasteiger partial charge in [0, 0.05) is 5.56 Å². The summed E-state index contributed by atoms with van der Waals surface area (Å²) in [5.74, 6) is -2.97. The van der Waals surface area contributed by atoms with Gasteiger partial charge in [-0.1, -0.05) is 12.1 Å². The molecule has 0 spiro atoms. The van der Waals surface area contributed by atoms with Crippen LogP contribution in [-0.4, -0.2) is 50.4 Å². The Bertz CT molecular complexity index is 645. The van der Waals surface area contributed by atoms with Crippen LogP contribution < -0.4 is 4.65 Å². The summed E-state index contributed by atoms with van der Waals surface area (Å²) in [5.41, 5.74) is -0.624. The van der Waals surface area contributed by atoms with Gasteiger partial charge in [-0.25, -0.2) is 0 Å². The Morgan fingerprint density at radius 2 is 1.67 bits per heavy atom. The minimum Gasteiger partial charge on any atom is -0.511 e. The minimum absolute atomic E-state index is 0.0844. The van der Waals surface area contributed by atoms with Gasteiger partial charge in [-0.3, -0.25) is 14.4 Å². The highest BCUT2D eigenvalue weighted by atomic mass is 16.8. The molecule has 2 aliphatic rings. The average molecular weight is 284 g/mol. The van der Waals surface area contributed by atoms with Gasteiger partial charge in [0.2, 0.25) is 11.6 Å². The Kier molecular flexibility index (Phi) is 3.23. The fourth-order valence-corrected chi connectivity index (χ4v) is 2.12. The van der Waals surface area contributed by atoms with E-state index in [1.807, 2.05) is 0 Å². The summed E-state index contributed by atoms with van der Waals surface area (Å²) < 4.78 is 15.5. The minimum atomic E-state index is -1.37. The molecule has 9 heteroatoms. The summed E-state index contributed by atoms with van der Waals surface area (Å²) in [6, 6.07) is 6.07. The van der Waals surface area contributed by atoms with Crippen molar-refractivity contribution >= 4 is 38.2 Å². The maximum absolute atomic E-state index is 11.5. The summed E-state index contributed by atoms with van der Waals surface area (Å²) >= 11 is 0. The van der Waals surface area contributed by atoms with E-state index in [-0.39, 0.29) is 11.3 Å². The molecule has 1 saturated heterocycles. The molecule has 102 valence electrons. The summed E-state index contributed by atoms with van der Waals surface area (Å²) in [4.78, 5) is 45.3. The average Bonchev–Trinajstić information content (AvgIpc) is 2.96. The molecule has 0 amide bonds. The van der Waals surface area contributed by atoms with Gasteiger partial charge in [-0.05, 0) is 12.1 Å². The molecule has 1 aliphatic carbocycles. The van der Waals surface area contributed by atoms with Gasteiger partial charge in [0.25, 0.3) is 5.78 Å². The normalized spacial score (nSPS) is 24.4. The van der Waals surface area contributed by atoms with Gasteiger partial charge in [-0.2, -0.15) is 0 Å². The predicted octanol–water partition coefficient (Wildman–Crippen LogP) is -1.14. The van der Waals surface area contributed by atoms with E-state index in [0.717, 1.165) is 0 Å². The second-order valence-corrected chi connectivity index (χ2v) is 4.44. The Morgan fingerprint density at radius 1 is 1.10 bits per heavy atom. The second kappa shape index (κ2) is 4.94. The quantitative estimate of drug-likeness (QED) is 0.511. The number of carbonyl (C=O) groups is 4. The van der Waals surface area contributed by atoms with E-state index in [2.05, 4.69) is 0 Å². The molecule has 21 heavy (non-hydrogen) atoms. The lowest BCUT2D eigenvalue weighted by Gasteiger charge is -2.11. The molecule has 1 aromatic carbocycles. The van der Waals surface area contributed by atoms with Crippen LogP contribution in [0, 0.1) is 0 Å². The van der Waals surface area contributed by atoms with Crippen LogP contribution in [0.15, 0.2) is 24.3 Å². The van der Waals surface area contributed by atoms with Crippen molar-refractivity contribution in [2.75, 3.05) is 0 Å². The number of carbonyl (C=O) groups excluding carboxylic acids is 4. The molecule has 7 nitrogen and oxygen atoms in total. The Morgan fingerprint density at radius 3 is 2.24 bits per heavy atom. The molecule has 1 aliphatic heterocycles. The Balaban J connectivity index is 1.78. The first-order valence-electron chi connectivity index (χ1n) is 5.98. The number of Topliss-reactive ketones (excluding diaryl/α,β-unsaturated/α-hetero) is 3. The highest BCUT2D eigenvalue weighted by molar-refractivity contribution is 6.70. The number of benzene rings is 1. The van der Waals surface area contributed by atoms with Crippen LogP contribution in [-0.2, 0) is 23.7 Å². The third-order valence-corrected chi connectivity index (χ3v) is 3.13. The lowest BCUT2D eigenvalue weighted by Crippen LogP contribution is -2.31. The lowest BCUT2D eigenvalue weighted by molar-refractivity contribution is -0.142. The molecular formula is C12H6B2O7. The van der Waals surface area contributed by atoms with Crippen LogP contribution in [0.4, 0.5) is 0 Å². The summed E-state index contributed by atoms with van der Waals surface area (Å²) in [6.07, 6.45) is -2.59. The largest absolute Gasteiger partial charge is 0.714 e. The summed E-state index contributed by atoms with van der Waals surface area (Å²) in [7, 11) is 3.82. The molecule has 0 aromatic heterocycles. The van der Waals surface area contributed by atoms with Crippen molar-refractivity contribution < 1.29 is 33.1 Å². The maximum atomic E-state index is 11.5. The molecule has 1 saturated carbocycles. The number of ketones is 3. The van der Waals surface area contributed by atoms with Crippen LogP contribution in [0.25, 0.3) is 0 Å². The molecule has 0 N–H and O–H groups in total. The highest BCUT2D eigenvalue weighted by Gasteiger charge is 2.59. The molecular weight excluding hydrogens is 278 g/mol. The first-order chi connectivity index (χ1) is 9.99. The molecule has 2 unspecified atom stereocenters. The molecule has 2 atom stereocenters. The lowest BCUT2D eigenvalue weighted by atomic mass is 9.94. The van der Waals surface area contributed by atoms with Crippen LogP contribution >= 0.6 is 0 Å². The van der Waals surface area contributed by atoms with Crippen molar-refractivity contribution in [1.29, 1.82) is 0 Å². The monoisotopic (exact) mass is 284 g/mol. The highest BCUT2D eigenvalue weighted by Crippen LogP contribution is 2.27. The topological polar surface area (TPSA) is 96.0 Å². The number of hydrogen-bond acceptors (Lipinski definition) is 7. The zero-order chi connectivity index (χ0) is 15.1. The van der Waals surface area contributed by atoms with Gasteiger partial charge in [0.15, 0.2) is 7.85 Å². The van der Waals surface area contributed by atoms with E-state index in [1.165, 1.54) is 12.1 Å². The molecule has 2 radical (unpaired) electrons. The Labute approximate surface area is 120 Å². The maximum Gasteiger partial charge on any atom is 0.714 e. The fraction of sp³-hybridized carbons (Fsp3) is 0.167. The number of rotatable bonds is 3. The van der Waals surface area contributed by atoms with Crippen molar-refractivity contribution in [1.82, 2.24) is 0 Å². The van der Waals surface area contributed by atoms with E-state index in [1.54, 1.807) is 12.1 Å². The standard InChI is InChI=1S/C12H6B2O7/c13-12(18)5-3-1-2-4-6(5)19-14-20-10-8(16)7(15)9(17)11(10)21-14/h1-4,10-11H. The Hall–Kier alpha value is -2.25. The molecule has 2 fully saturated rings. The zero-order valence-electron chi connectivity index (χ0n) is 10.5. The van der Waals surface area contributed by atoms with Crippen molar-refractivity contribution in [3.63, 3.8) is 0 Å². The van der Waals surface area contributed by atoms with E-state index in [9.17, 15) is 19.2 Å². The van der Waals surface area contributed by atoms with Crippen LogP contribution in [0.1, 0.15) is 10.4 Å². The van der Waals surface area contributed by atoms with Gasteiger partial charge in [0.1, 0.15) is 23.6 Å². The predicted molar refractivity (Wildman–Crippen MR) is 67.7 cm³/mol. The van der Waals surface area contributed by atoms with E-state index >= 15 is 0 Å². The van der Waals surface area contributed by atoms with Gasteiger partial charge in [0.05, 0.1) is 0 Å². The molecule has 1 aromatic rings. The van der Waals surface area contributed by atoms with Crippen molar-refractivity contribution in [3.05, 3.63) is 29.8 Å². The first-order valence-corrected chi connectivity index (χ1v) is 5.98. The van der Waals surface area contributed by atoms with E-state index < -0.39 is 42.6 Å². The first kappa shape index (κ1) is 13.7. The van der Waals surface area contributed by atoms with Crippen molar-refractivity contribution in [2.24, 2.45) is 0 Å². The fourth-order valence-electron chi connectivity index (χ4n) is 2.12. The van der Waals surface area contributed by atoms with Gasteiger partial charge in [-0.15, -0.1) is 0 Å². The number of fused-ring (bicyclic) bond motifs is 1. The number of hydrogen-bond donors (Lipinski definition) is 0. The van der Waals surface area contributed by atoms with E-state index in [4.69, 9.17) is 21.8 Å². The molecule has 3 rings (SSSR count). The van der Waals surface area contributed by atoms with Gasteiger partial charge < -0.3 is 18.8 Å². The smallest absolute Gasteiger partial charge is 0.511 e. The van der Waals surface area contributed by atoms with Crippen LogP contribution in [0.2, 0.25) is 0 Å². The molecule has 1 heterocycles. The third-order valence-electron chi connectivity index (χ3n) is 3.13. The van der Waals surface area contributed by atoms with Gasteiger partial charge >= 0.3 is 7.32 Å². The molecule has 0 bridgehead atoms. The van der Waals surface area contributed by atoms with Crippen molar-refractivity contribution in [2.45, 2.75) is 12.2 Å². The third kappa shape index (κ3) is 2.20. The summed E-state index contributed by atoms with van der Waals surface area (Å²) in [6.45, 7) is 0. The van der Waals surface area contributed by atoms with Crippen LogP contribution in [0.5, 0.6) is 5.75 Å². The van der Waals surface area contributed by atoms with Crippen molar-refractivity contribution in [3.8, 4) is 5.75 Å².